The molecule has 3 aromatic carbocycles. The van der Waals surface area contributed by atoms with E-state index in [1.807, 2.05) is 24.3 Å². The molecule has 10 heteroatoms. The highest BCUT2D eigenvalue weighted by Crippen LogP contribution is 2.31. The second kappa shape index (κ2) is 12.6. The highest BCUT2D eigenvalue weighted by atomic mass is 35.5. The van der Waals surface area contributed by atoms with Crippen LogP contribution < -0.4 is 10.1 Å². The lowest BCUT2D eigenvalue weighted by molar-refractivity contribution is -0.129. The third-order valence-corrected chi connectivity index (χ3v) is 7.09. The second-order valence-electron chi connectivity index (χ2n) is 8.30. The fourth-order valence-corrected chi connectivity index (χ4v) is 4.89. The van der Waals surface area contributed by atoms with Gasteiger partial charge in [0.1, 0.15) is 11.0 Å². The van der Waals surface area contributed by atoms with E-state index in [1.165, 1.54) is 11.8 Å². The van der Waals surface area contributed by atoms with Crippen LogP contribution in [0.3, 0.4) is 0 Å². The van der Waals surface area contributed by atoms with E-state index in [0.717, 1.165) is 11.3 Å². The molecule has 1 N–H and O–H groups in total. The van der Waals surface area contributed by atoms with Crippen LogP contribution >= 0.6 is 23.4 Å². The normalized spacial score (nSPS) is 16.3. The van der Waals surface area contributed by atoms with Gasteiger partial charge < -0.3 is 14.8 Å². The molecule has 0 aliphatic carbocycles. The Morgan fingerprint density at radius 2 is 1.74 bits per heavy atom. The van der Waals surface area contributed by atoms with Gasteiger partial charge in [-0.25, -0.2) is 9.79 Å². The van der Waals surface area contributed by atoms with Gasteiger partial charge in [-0.2, -0.15) is 0 Å². The Balaban J connectivity index is 1.53. The number of hydrogen-bond acceptors (Lipinski definition) is 7. The number of anilines is 1. The van der Waals surface area contributed by atoms with Crippen LogP contribution in [0, 0.1) is 0 Å². The quantitative estimate of drug-likeness (QED) is 0.361. The summed E-state index contributed by atoms with van der Waals surface area (Å²) in [5, 5.41) is 3.13. The van der Waals surface area contributed by atoms with Gasteiger partial charge in [-0.15, -0.1) is 0 Å². The van der Waals surface area contributed by atoms with Crippen LogP contribution in [0.5, 0.6) is 5.75 Å². The van der Waals surface area contributed by atoms with E-state index < -0.39 is 11.2 Å². The SMILES string of the molecule is CCOC(=O)c1ccc(NC(=O)C2CC(=O)N(Cc3ccc(OC)cc3)C(=Nc3ccc(Cl)cc3)S2)cc1. The van der Waals surface area contributed by atoms with Gasteiger partial charge in [0.25, 0.3) is 0 Å². The summed E-state index contributed by atoms with van der Waals surface area (Å²) in [7, 11) is 1.59. The Bertz CT molecular complexity index is 1330. The zero-order valence-electron chi connectivity index (χ0n) is 20.8. The summed E-state index contributed by atoms with van der Waals surface area (Å²) in [6.45, 7) is 2.31. The number of nitrogens with zero attached hydrogens (tertiary/aromatic N) is 2. The number of thioether (sulfide) groups is 1. The molecule has 4 rings (SSSR count). The van der Waals surface area contributed by atoms with Gasteiger partial charge in [0.15, 0.2) is 5.17 Å². The van der Waals surface area contributed by atoms with E-state index in [2.05, 4.69) is 10.3 Å². The topological polar surface area (TPSA) is 97.3 Å². The molecule has 1 fully saturated rings. The van der Waals surface area contributed by atoms with Crippen LogP contribution in [0.25, 0.3) is 0 Å². The van der Waals surface area contributed by atoms with Crippen molar-refractivity contribution >= 4 is 57.7 Å². The van der Waals surface area contributed by atoms with E-state index in [1.54, 1.807) is 67.5 Å². The molecule has 38 heavy (non-hydrogen) atoms. The summed E-state index contributed by atoms with van der Waals surface area (Å²) in [6.07, 6.45) is 0.00714. The van der Waals surface area contributed by atoms with Gasteiger partial charge in [0, 0.05) is 17.1 Å². The molecule has 2 amide bonds. The van der Waals surface area contributed by atoms with Gasteiger partial charge in [-0.3, -0.25) is 14.5 Å². The molecule has 0 saturated carbocycles. The van der Waals surface area contributed by atoms with Crippen LogP contribution in [-0.4, -0.2) is 46.8 Å². The van der Waals surface area contributed by atoms with Crippen molar-refractivity contribution in [2.75, 3.05) is 19.0 Å². The summed E-state index contributed by atoms with van der Waals surface area (Å²) in [5.74, 6) is -0.265. The molecular weight excluding hydrogens is 526 g/mol. The number of rotatable bonds is 8. The van der Waals surface area contributed by atoms with Gasteiger partial charge in [0.2, 0.25) is 11.8 Å². The van der Waals surface area contributed by atoms with Gasteiger partial charge >= 0.3 is 5.97 Å². The van der Waals surface area contributed by atoms with Gasteiger partial charge in [0.05, 0.1) is 31.5 Å². The molecule has 0 radical (unpaired) electrons. The number of halogens is 1. The molecule has 0 spiro atoms. The van der Waals surface area contributed by atoms with Crippen molar-refractivity contribution in [1.82, 2.24) is 4.90 Å². The van der Waals surface area contributed by atoms with Crippen molar-refractivity contribution in [2.24, 2.45) is 4.99 Å². The first-order chi connectivity index (χ1) is 18.4. The summed E-state index contributed by atoms with van der Waals surface area (Å²) in [6, 6.07) is 20.8. The number of aliphatic imine (C=N–C) groups is 1. The Morgan fingerprint density at radius 3 is 2.37 bits per heavy atom. The Kier molecular flexibility index (Phi) is 9.04. The number of methoxy groups -OCH3 is 1. The van der Waals surface area contributed by atoms with E-state index in [-0.39, 0.29) is 24.8 Å². The number of ether oxygens (including phenoxy) is 2. The predicted octanol–water partition coefficient (Wildman–Crippen LogP) is 5.69. The minimum absolute atomic E-state index is 0.00714. The molecule has 196 valence electrons. The fraction of sp³-hybridized carbons (Fsp3) is 0.214. The minimum Gasteiger partial charge on any atom is -0.497 e. The lowest BCUT2D eigenvalue weighted by atomic mass is 10.1. The monoisotopic (exact) mass is 551 g/mol. The number of hydrogen-bond donors (Lipinski definition) is 1. The third-order valence-electron chi connectivity index (χ3n) is 5.65. The molecule has 1 aliphatic heterocycles. The summed E-state index contributed by atoms with van der Waals surface area (Å²) in [5.41, 5.74) is 2.40. The number of nitrogens with one attached hydrogen (secondary N) is 1. The first kappa shape index (κ1) is 27.2. The maximum Gasteiger partial charge on any atom is 0.338 e. The summed E-state index contributed by atoms with van der Waals surface area (Å²) in [4.78, 5) is 44.6. The zero-order chi connectivity index (χ0) is 27.1. The van der Waals surface area contributed by atoms with Crippen molar-refractivity contribution < 1.29 is 23.9 Å². The largest absolute Gasteiger partial charge is 0.497 e. The van der Waals surface area contributed by atoms with Crippen LogP contribution in [0.4, 0.5) is 11.4 Å². The van der Waals surface area contributed by atoms with Gasteiger partial charge in [-0.1, -0.05) is 35.5 Å². The summed E-state index contributed by atoms with van der Waals surface area (Å²) < 4.78 is 10.2. The smallest absolute Gasteiger partial charge is 0.338 e. The molecule has 1 heterocycles. The number of amidine groups is 1. The zero-order valence-corrected chi connectivity index (χ0v) is 22.4. The summed E-state index contributed by atoms with van der Waals surface area (Å²) >= 11 is 7.24. The average molecular weight is 552 g/mol. The Morgan fingerprint density at radius 1 is 1.05 bits per heavy atom. The van der Waals surface area contributed by atoms with E-state index in [9.17, 15) is 14.4 Å². The molecule has 1 aliphatic rings. The van der Waals surface area contributed by atoms with Crippen LogP contribution in [0.2, 0.25) is 5.02 Å². The number of benzene rings is 3. The Hall–Kier alpha value is -3.82. The van der Waals surface area contributed by atoms with E-state index in [4.69, 9.17) is 21.1 Å². The van der Waals surface area contributed by atoms with Crippen molar-refractivity contribution in [3.63, 3.8) is 0 Å². The van der Waals surface area contributed by atoms with Gasteiger partial charge in [-0.05, 0) is 73.2 Å². The molecule has 3 aromatic rings. The standard InChI is InChI=1S/C28H26ClN3O5S/c1-3-37-27(35)19-6-10-21(11-7-19)30-26(34)24-16-25(33)32(17-18-4-14-23(36-2)15-5-18)28(38-24)31-22-12-8-20(29)9-13-22/h4-15,24H,3,16-17H2,1-2H3,(H,30,34). The Labute approximate surface area is 230 Å². The van der Waals surface area contributed by atoms with E-state index in [0.29, 0.717) is 33.7 Å². The average Bonchev–Trinajstić information content (AvgIpc) is 2.92. The lowest BCUT2D eigenvalue weighted by Gasteiger charge is -2.32. The highest BCUT2D eigenvalue weighted by molar-refractivity contribution is 8.15. The number of amides is 2. The first-order valence-corrected chi connectivity index (χ1v) is 13.1. The number of carbonyl (C=O) groups excluding carboxylic acids is 3. The van der Waals surface area contributed by atoms with Crippen molar-refractivity contribution in [3.8, 4) is 5.75 Å². The van der Waals surface area contributed by atoms with Crippen LogP contribution in [0.1, 0.15) is 29.3 Å². The maximum atomic E-state index is 13.3. The molecule has 0 bridgehead atoms. The van der Waals surface area contributed by atoms with Crippen molar-refractivity contribution in [3.05, 3.63) is 88.9 Å². The highest BCUT2D eigenvalue weighted by Gasteiger charge is 2.36. The van der Waals surface area contributed by atoms with Crippen LogP contribution in [-0.2, 0) is 20.9 Å². The van der Waals surface area contributed by atoms with Crippen LogP contribution in [0.15, 0.2) is 77.8 Å². The van der Waals surface area contributed by atoms with Crippen molar-refractivity contribution in [1.29, 1.82) is 0 Å². The number of carbonyl (C=O) groups is 3. The molecule has 0 aromatic heterocycles. The predicted molar refractivity (Wildman–Crippen MR) is 149 cm³/mol. The number of esters is 1. The third kappa shape index (κ3) is 6.93. The molecular formula is C28H26ClN3O5S. The molecule has 1 atom stereocenters. The fourth-order valence-electron chi connectivity index (χ4n) is 3.66. The molecule has 1 unspecified atom stereocenters. The lowest BCUT2D eigenvalue weighted by Crippen LogP contribution is -2.44. The molecule has 1 saturated heterocycles. The maximum absolute atomic E-state index is 13.3. The molecule has 8 nitrogen and oxygen atoms in total. The minimum atomic E-state index is -0.689. The van der Waals surface area contributed by atoms with E-state index >= 15 is 0 Å². The second-order valence-corrected chi connectivity index (χ2v) is 9.90. The van der Waals surface area contributed by atoms with Crippen molar-refractivity contribution in [2.45, 2.75) is 25.1 Å². The first-order valence-electron chi connectivity index (χ1n) is 11.9.